The first-order chi connectivity index (χ1) is 11.3. The molecule has 0 fully saturated rings. The summed E-state index contributed by atoms with van der Waals surface area (Å²) in [6, 6.07) is 13.2. The van der Waals surface area contributed by atoms with Crippen LogP contribution in [0.15, 0.2) is 48.7 Å². The Balaban J connectivity index is 1.55. The van der Waals surface area contributed by atoms with Gasteiger partial charge in [-0.3, -0.25) is 9.78 Å². The van der Waals surface area contributed by atoms with E-state index in [0.717, 1.165) is 23.6 Å². The number of ether oxygens (including phenoxy) is 2. The van der Waals surface area contributed by atoms with Gasteiger partial charge in [-0.25, -0.2) is 0 Å². The van der Waals surface area contributed by atoms with E-state index in [0.29, 0.717) is 26.0 Å². The maximum Gasteiger partial charge on any atom is 0.220 e. The highest BCUT2D eigenvalue weighted by Crippen LogP contribution is 2.17. The monoisotopic (exact) mass is 314 g/mol. The lowest BCUT2D eigenvalue weighted by molar-refractivity contribution is -0.121. The molecule has 2 aromatic rings. The van der Waals surface area contributed by atoms with Crippen LogP contribution in [-0.4, -0.2) is 31.2 Å². The molecule has 5 nitrogen and oxygen atoms in total. The predicted octanol–water partition coefficient (Wildman–Crippen LogP) is 2.61. The summed E-state index contributed by atoms with van der Waals surface area (Å²) in [6.45, 7) is 1.12. The number of amides is 1. The van der Waals surface area contributed by atoms with Gasteiger partial charge in [-0.2, -0.15) is 0 Å². The zero-order valence-electron chi connectivity index (χ0n) is 13.3. The van der Waals surface area contributed by atoms with Crippen LogP contribution in [0.5, 0.6) is 11.5 Å². The fraction of sp³-hybridized carbons (Fsp3) is 0.333. The number of benzene rings is 1. The summed E-state index contributed by atoms with van der Waals surface area (Å²) >= 11 is 0. The average molecular weight is 314 g/mol. The highest BCUT2D eigenvalue weighted by Gasteiger charge is 2.02. The molecule has 0 aliphatic carbocycles. The van der Waals surface area contributed by atoms with Gasteiger partial charge in [0.15, 0.2) is 0 Å². The van der Waals surface area contributed by atoms with Crippen LogP contribution in [0.4, 0.5) is 0 Å². The quantitative estimate of drug-likeness (QED) is 0.723. The van der Waals surface area contributed by atoms with Crippen molar-refractivity contribution in [2.45, 2.75) is 19.3 Å². The first-order valence-corrected chi connectivity index (χ1v) is 7.71. The van der Waals surface area contributed by atoms with Crippen molar-refractivity contribution in [1.82, 2.24) is 10.3 Å². The zero-order valence-corrected chi connectivity index (χ0v) is 13.3. The Hall–Kier alpha value is -2.56. The van der Waals surface area contributed by atoms with Crippen molar-refractivity contribution < 1.29 is 14.3 Å². The molecule has 1 amide bonds. The van der Waals surface area contributed by atoms with Gasteiger partial charge in [-0.15, -0.1) is 0 Å². The number of hydrogen-bond acceptors (Lipinski definition) is 4. The van der Waals surface area contributed by atoms with Gasteiger partial charge in [-0.05, 0) is 42.8 Å². The lowest BCUT2D eigenvalue weighted by atomic mass is 10.2. The number of nitrogens with one attached hydrogen (secondary N) is 1. The third kappa shape index (κ3) is 6.38. The Morgan fingerprint density at radius 1 is 1.13 bits per heavy atom. The number of nitrogens with zero attached hydrogens (tertiary/aromatic N) is 1. The number of carbonyl (C=O) groups is 1. The second kappa shape index (κ2) is 9.46. The van der Waals surface area contributed by atoms with Crippen LogP contribution in [0.3, 0.4) is 0 Å². The van der Waals surface area contributed by atoms with Crippen molar-refractivity contribution >= 4 is 5.91 Å². The molecule has 0 radical (unpaired) electrons. The molecule has 0 aliphatic rings. The molecule has 0 unspecified atom stereocenters. The number of methoxy groups -OCH3 is 1. The Kier molecular flexibility index (Phi) is 6.91. The number of hydrogen-bond donors (Lipinski definition) is 1. The first kappa shape index (κ1) is 16.8. The molecule has 0 aliphatic heterocycles. The van der Waals surface area contributed by atoms with Gasteiger partial charge in [0.1, 0.15) is 11.5 Å². The van der Waals surface area contributed by atoms with Gasteiger partial charge in [-0.1, -0.05) is 6.07 Å². The van der Waals surface area contributed by atoms with Crippen molar-refractivity contribution in [3.05, 3.63) is 54.4 Å². The van der Waals surface area contributed by atoms with Crippen molar-refractivity contribution in [2.24, 2.45) is 0 Å². The van der Waals surface area contributed by atoms with E-state index in [9.17, 15) is 4.79 Å². The van der Waals surface area contributed by atoms with Gasteiger partial charge >= 0.3 is 0 Å². The van der Waals surface area contributed by atoms with Crippen molar-refractivity contribution in [3.63, 3.8) is 0 Å². The summed E-state index contributed by atoms with van der Waals surface area (Å²) in [5.74, 6) is 1.62. The molecule has 1 aromatic carbocycles. The van der Waals surface area contributed by atoms with Crippen LogP contribution in [0, 0.1) is 0 Å². The van der Waals surface area contributed by atoms with Crippen LogP contribution >= 0.6 is 0 Å². The number of aromatic nitrogens is 1. The second-order valence-electron chi connectivity index (χ2n) is 5.05. The van der Waals surface area contributed by atoms with Crippen molar-refractivity contribution in [3.8, 4) is 11.5 Å². The fourth-order valence-corrected chi connectivity index (χ4v) is 2.06. The van der Waals surface area contributed by atoms with Crippen LogP contribution in [0.2, 0.25) is 0 Å². The normalized spacial score (nSPS) is 10.1. The van der Waals surface area contributed by atoms with Gasteiger partial charge in [0.2, 0.25) is 5.91 Å². The minimum absolute atomic E-state index is 0.0410. The van der Waals surface area contributed by atoms with Crippen LogP contribution in [0.25, 0.3) is 0 Å². The van der Waals surface area contributed by atoms with E-state index in [1.807, 2.05) is 42.5 Å². The van der Waals surface area contributed by atoms with Crippen LogP contribution < -0.4 is 14.8 Å². The Labute approximate surface area is 136 Å². The first-order valence-electron chi connectivity index (χ1n) is 7.71. The molecule has 1 aromatic heterocycles. The predicted molar refractivity (Wildman–Crippen MR) is 88.7 cm³/mol. The molecule has 0 saturated heterocycles. The summed E-state index contributed by atoms with van der Waals surface area (Å²) in [5, 5.41) is 2.89. The third-order valence-corrected chi connectivity index (χ3v) is 3.31. The van der Waals surface area contributed by atoms with Crippen molar-refractivity contribution in [2.75, 3.05) is 20.3 Å². The summed E-state index contributed by atoms with van der Waals surface area (Å²) in [5.41, 5.74) is 0.982. The molecule has 2 rings (SSSR count). The van der Waals surface area contributed by atoms with E-state index in [1.54, 1.807) is 13.3 Å². The fourth-order valence-electron chi connectivity index (χ4n) is 2.06. The topological polar surface area (TPSA) is 60.5 Å². The van der Waals surface area contributed by atoms with Gasteiger partial charge in [0.05, 0.1) is 13.7 Å². The van der Waals surface area contributed by atoms with E-state index < -0.39 is 0 Å². The maximum atomic E-state index is 11.7. The molecule has 0 spiro atoms. The molecule has 23 heavy (non-hydrogen) atoms. The molecular formula is C18H22N2O3. The molecule has 0 saturated carbocycles. The molecule has 1 heterocycles. The smallest absolute Gasteiger partial charge is 0.220 e. The van der Waals surface area contributed by atoms with Gasteiger partial charge < -0.3 is 14.8 Å². The number of carbonyl (C=O) groups excluding carboxylic acids is 1. The van der Waals surface area contributed by atoms with Gasteiger partial charge in [0, 0.05) is 31.3 Å². The summed E-state index contributed by atoms with van der Waals surface area (Å²) in [6.07, 6.45) is 3.64. The van der Waals surface area contributed by atoms with Crippen molar-refractivity contribution in [1.29, 1.82) is 0 Å². The Bertz CT molecular complexity index is 585. The molecule has 5 heteroatoms. The number of pyridine rings is 1. The van der Waals surface area contributed by atoms with E-state index in [1.165, 1.54) is 0 Å². The lowest BCUT2D eigenvalue weighted by Gasteiger charge is -2.07. The summed E-state index contributed by atoms with van der Waals surface area (Å²) in [7, 11) is 1.63. The SMILES string of the molecule is COc1ccc(OCCCC(=O)NCCc2ccccn2)cc1. The minimum Gasteiger partial charge on any atom is -0.497 e. The van der Waals surface area contributed by atoms with Crippen LogP contribution in [0.1, 0.15) is 18.5 Å². The molecule has 122 valence electrons. The third-order valence-electron chi connectivity index (χ3n) is 3.31. The summed E-state index contributed by atoms with van der Waals surface area (Å²) < 4.78 is 10.7. The Morgan fingerprint density at radius 2 is 1.91 bits per heavy atom. The lowest BCUT2D eigenvalue weighted by Crippen LogP contribution is -2.26. The van der Waals surface area contributed by atoms with E-state index >= 15 is 0 Å². The van der Waals surface area contributed by atoms with Gasteiger partial charge in [0.25, 0.3) is 0 Å². The highest BCUT2D eigenvalue weighted by molar-refractivity contribution is 5.75. The van der Waals surface area contributed by atoms with Crippen LogP contribution in [-0.2, 0) is 11.2 Å². The molecule has 1 N–H and O–H groups in total. The molecule has 0 atom stereocenters. The molecule has 0 bridgehead atoms. The van der Waals surface area contributed by atoms with E-state index in [2.05, 4.69) is 10.3 Å². The standard InChI is InChI=1S/C18H22N2O3/c1-22-16-7-9-17(10-8-16)23-14-4-6-18(21)20-13-11-15-5-2-3-12-19-15/h2-3,5,7-10,12H,4,6,11,13-14H2,1H3,(H,20,21). The van der Waals surface area contributed by atoms with E-state index in [-0.39, 0.29) is 5.91 Å². The number of rotatable bonds is 9. The second-order valence-corrected chi connectivity index (χ2v) is 5.05. The minimum atomic E-state index is 0.0410. The highest BCUT2D eigenvalue weighted by atomic mass is 16.5. The zero-order chi connectivity index (χ0) is 16.3. The Morgan fingerprint density at radius 3 is 2.61 bits per heavy atom. The maximum absolute atomic E-state index is 11.7. The molecular weight excluding hydrogens is 292 g/mol. The summed E-state index contributed by atoms with van der Waals surface area (Å²) in [4.78, 5) is 15.9. The van der Waals surface area contributed by atoms with E-state index in [4.69, 9.17) is 9.47 Å². The average Bonchev–Trinajstić information content (AvgIpc) is 2.60. The largest absolute Gasteiger partial charge is 0.497 e.